The number of rotatable bonds is 18. The maximum atomic E-state index is 12.5. The highest BCUT2D eigenvalue weighted by molar-refractivity contribution is 7.99. The Bertz CT molecular complexity index is 1060. The van der Waals surface area contributed by atoms with Crippen LogP contribution in [0.2, 0.25) is 0 Å². The van der Waals surface area contributed by atoms with Gasteiger partial charge in [-0.2, -0.15) is 11.8 Å². The maximum absolute atomic E-state index is 12.5. The zero-order valence-corrected chi connectivity index (χ0v) is 25.1. The molecule has 1 atom stereocenters. The molecule has 1 heterocycles. The first kappa shape index (κ1) is 32.8. The molecule has 0 saturated heterocycles. The summed E-state index contributed by atoms with van der Waals surface area (Å²) in [5.74, 6) is 0.645. The smallest absolute Gasteiger partial charge is 0.223 e. The van der Waals surface area contributed by atoms with E-state index in [0.29, 0.717) is 11.7 Å². The zero-order valence-electron chi connectivity index (χ0n) is 23.4. The van der Waals surface area contributed by atoms with Crippen LogP contribution in [0, 0.1) is 0 Å². The molecule has 206 valence electrons. The number of carbonyl (C=O) groups excluding carboxylic acids is 1. The SMILES string of the molecule is CC(C)=CCC/C(C)=C/CC/C(C)=C/CC/C(C)=C/CSCC(Nc1ncccn1)C(=O)CS(C)(=O)=O. The topological polar surface area (TPSA) is 89.0 Å². The summed E-state index contributed by atoms with van der Waals surface area (Å²) in [6, 6.07) is 1.02. The predicted molar refractivity (Wildman–Crippen MR) is 160 cm³/mol. The van der Waals surface area contributed by atoms with Crippen molar-refractivity contribution in [1.29, 1.82) is 0 Å². The molecule has 0 bridgehead atoms. The third-order valence-electron chi connectivity index (χ3n) is 5.65. The molecule has 0 saturated carbocycles. The summed E-state index contributed by atoms with van der Waals surface area (Å²) in [5, 5.41) is 2.98. The molecule has 1 N–H and O–H groups in total. The number of hydrogen-bond donors (Lipinski definition) is 1. The molecule has 0 aliphatic rings. The van der Waals surface area contributed by atoms with E-state index in [1.54, 1.807) is 30.2 Å². The molecule has 37 heavy (non-hydrogen) atoms. The molecule has 0 aliphatic heterocycles. The van der Waals surface area contributed by atoms with Crippen LogP contribution in [0.3, 0.4) is 0 Å². The number of hydrogen-bond acceptors (Lipinski definition) is 7. The predicted octanol–water partition coefficient (Wildman–Crippen LogP) is 6.75. The van der Waals surface area contributed by atoms with Crippen molar-refractivity contribution in [2.75, 3.05) is 28.8 Å². The fraction of sp³-hybridized carbons (Fsp3) is 0.552. The summed E-state index contributed by atoms with van der Waals surface area (Å²) in [4.78, 5) is 20.7. The Hall–Kier alpha value is -2.19. The first-order valence-electron chi connectivity index (χ1n) is 12.9. The van der Waals surface area contributed by atoms with E-state index in [0.717, 1.165) is 50.5 Å². The van der Waals surface area contributed by atoms with Crippen molar-refractivity contribution < 1.29 is 13.2 Å². The normalized spacial score (nSPS) is 13.8. The Balaban J connectivity index is 2.44. The van der Waals surface area contributed by atoms with E-state index in [2.05, 4.69) is 74.2 Å². The van der Waals surface area contributed by atoms with Crippen molar-refractivity contribution in [3.63, 3.8) is 0 Å². The molecule has 1 unspecified atom stereocenters. The summed E-state index contributed by atoms with van der Waals surface area (Å²) in [5.41, 5.74) is 5.59. The largest absolute Gasteiger partial charge is 0.344 e. The molecular weight excluding hydrogens is 502 g/mol. The second-order valence-electron chi connectivity index (χ2n) is 9.89. The van der Waals surface area contributed by atoms with E-state index in [9.17, 15) is 13.2 Å². The van der Waals surface area contributed by atoms with Crippen LogP contribution in [-0.2, 0) is 14.6 Å². The van der Waals surface area contributed by atoms with Gasteiger partial charge in [0.05, 0.1) is 6.04 Å². The van der Waals surface area contributed by atoms with Gasteiger partial charge in [-0.25, -0.2) is 18.4 Å². The number of aromatic nitrogens is 2. The Kier molecular flexibility index (Phi) is 16.1. The van der Waals surface area contributed by atoms with E-state index in [4.69, 9.17) is 0 Å². The standard InChI is InChI=1S/C29H45N3O3S2/c1-23(2)11-7-12-24(3)13-8-14-25(4)15-9-16-26(5)17-20-36-21-27(28(33)22-37(6,34)35)32-29-30-18-10-19-31-29/h10-11,13,15,17-19,27H,7-9,12,14,16,20-22H2,1-6H3,(H,30,31,32)/b24-13+,25-15+,26-17+. The summed E-state index contributed by atoms with van der Waals surface area (Å²) < 4.78 is 23.2. The first-order chi connectivity index (χ1) is 17.5. The van der Waals surface area contributed by atoms with E-state index in [1.807, 2.05) is 0 Å². The Labute approximate surface area is 229 Å². The number of carbonyl (C=O) groups is 1. The highest BCUT2D eigenvalue weighted by Crippen LogP contribution is 2.15. The van der Waals surface area contributed by atoms with Gasteiger partial charge in [0.25, 0.3) is 0 Å². The fourth-order valence-corrected chi connectivity index (χ4v) is 5.24. The van der Waals surface area contributed by atoms with Gasteiger partial charge in [0.15, 0.2) is 15.6 Å². The summed E-state index contributed by atoms with van der Waals surface area (Å²) >= 11 is 1.59. The number of ketones is 1. The van der Waals surface area contributed by atoms with Crippen molar-refractivity contribution in [2.45, 2.75) is 79.2 Å². The van der Waals surface area contributed by atoms with E-state index < -0.39 is 21.6 Å². The van der Waals surface area contributed by atoms with Gasteiger partial charge in [-0.1, -0.05) is 46.6 Å². The number of thioether (sulfide) groups is 1. The second-order valence-corrected chi connectivity index (χ2v) is 13.1. The fourth-order valence-electron chi connectivity index (χ4n) is 3.48. The molecule has 8 heteroatoms. The summed E-state index contributed by atoms with van der Waals surface area (Å²) in [6.07, 6.45) is 19.9. The number of nitrogens with zero attached hydrogens (tertiary/aromatic N) is 2. The molecule has 1 aromatic rings. The van der Waals surface area contributed by atoms with Crippen LogP contribution < -0.4 is 5.32 Å². The minimum atomic E-state index is -3.40. The van der Waals surface area contributed by atoms with Gasteiger partial charge in [0.1, 0.15) is 5.75 Å². The average molecular weight is 548 g/mol. The summed E-state index contributed by atoms with van der Waals surface area (Å²) in [7, 11) is -3.40. The molecule has 0 aliphatic carbocycles. The molecule has 0 aromatic carbocycles. The van der Waals surface area contributed by atoms with Crippen LogP contribution >= 0.6 is 11.8 Å². The van der Waals surface area contributed by atoms with E-state index >= 15 is 0 Å². The number of allylic oxidation sites excluding steroid dienone is 7. The van der Waals surface area contributed by atoms with Crippen molar-refractivity contribution in [2.24, 2.45) is 0 Å². The van der Waals surface area contributed by atoms with Crippen LogP contribution in [-0.4, -0.2) is 53.7 Å². The molecule has 0 fully saturated rings. The van der Waals surface area contributed by atoms with Gasteiger partial charge in [-0.05, 0) is 79.2 Å². The third kappa shape index (κ3) is 17.8. The summed E-state index contributed by atoms with van der Waals surface area (Å²) in [6.45, 7) is 10.8. The van der Waals surface area contributed by atoms with Gasteiger partial charge in [-0.15, -0.1) is 0 Å². The zero-order chi connectivity index (χ0) is 27.7. The van der Waals surface area contributed by atoms with E-state index in [1.165, 1.54) is 22.3 Å². The average Bonchev–Trinajstić information content (AvgIpc) is 2.80. The number of nitrogens with one attached hydrogen (secondary N) is 1. The van der Waals surface area contributed by atoms with Gasteiger partial charge in [0, 0.05) is 30.2 Å². The molecule has 1 aromatic heterocycles. The van der Waals surface area contributed by atoms with Crippen molar-refractivity contribution in [3.8, 4) is 0 Å². The third-order valence-corrected chi connectivity index (χ3v) is 7.43. The van der Waals surface area contributed by atoms with Gasteiger partial charge in [-0.3, -0.25) is 4.79 Å². The number of Topliss-reactive ketones (excluding diaryl/α,β-unsaturated/α-hetero) is 1. The van der Waals surface area contributed by atoms with Crippen LogP contribution in [0.1, 0.15) is 73.1 Å². The van der Waals surface area contributed by atoms with Crippen LogP contribution in [0.25, 0.3) is 0 Å². The second kappa shape index (κ2) is 18.1. The number of sulfone groups is 1. The van der Waals surface area contributed by atoms with Crippen molar-refractivity contribution in [1.82, 2.24) is 9.97 Å². The monoisotopic (exact) mass is 547 g/mol. The molecule has 0 amide bonds. The minimum Gasteiger partial charge on any atom is -0.344 e. The van der Waals surface area contributed by atoms with Crippen LogP contribution in [0.4, 0.5) is 5.95 Å². The molecular formula is C29H45N3O3S2. The van der Waals surface area contributed by atoms with Crippen molar-refractivity contribution >= 4 is 33.3 Å². The molecule has 0 spiro atoms. The van der Waals surface area contributed by atoms with Gasteiger partial charge < -0.3 is 5.32 Å². The lowest BCUT2D eigenvalue weighted by atomic mass is 10.0. The maximum Gasteiger partial charge on any atom is 0.223 e. The van der Waals surface area contributed by atoms with E-state index in [-0.39, 0.29) is 5.78 Å². The Morgan fingerprint density at radius 1 is 0.892 bits per heavy atom. The van der Waals surface area contributed by atoms with Gasteiger partial charge >= 0.3 is 0 Å². The van der Waals surface area contributed by atoms with Crippen LogP contribution in [0.5, 0.6) is 0 Å². The Morgan fingerprint density at radius 2 is 1.41 bits per heavy atom. The van der Waals surface area contributed by atoms with Gasteiger partial charge in [0.2, 0.25) is 5.95 Å². The molecule has 6 nitrogen and oxygen atoms in total. The lowest BCUT2D eigenvalue weighted by Crippen LogP contribution is -2.36. The molecule has 1 rings (SSSR count). The Morgan fingerprint density at radius 3 is 1.92 bits per heavy atom. The first-order valence-corrected chi connectivity index (χ1v) is 16.1. The highest BCUT2D eigenvalue weighted by atomic mass is 32.2. The quantitative estimate of drug-likeness (QED) is 0.161. The lowest BCUT2D eigenvalue weighted by Gasteiger charge is -2.16. The lowest BCUT2D eigenvalue weighted by molar-refractivity contribution is -0.117. The van der Waals surface area contributed by atoms with Crippen molar-refractivity contribution in [3.05, 3.63) is 65.1 Å². The van der Waals surface area contributed by atoms with Crippen LogP contribution in [0.15, 0.2) is 65.1 Å². The highest BCUT2D eigenvalue weighted by Gasteiger charge is 2.22. The minimum absolute atomic E-state index is 0.318. The molecule has 0 radical (unpaired) electrons. The number of anilines is 1.